The summed E-state index contributed by atoms with van der Waals surface area (Å²) in [7, 11) is -3.73. The maximum absolute atomic E-state index is 12.6. The number of hydrogen-bond donors (Lipinski definition) is 2. The van der Waals surface area contributed by atoms with Crippen LogP contribution in [-0.4, -0.2) is 14.3 Å². The Balaban J connectivity index is 1.69. The quantitative estimate of drug-likeness (QED) is 0.572. The minimum absolute atomic E-state index is 0.102. The van der Waals surface area contributed by atoms with Gasteiger partial charge in [0.25, 0.3) is 15.9 Å². The van der Waals surface area contributed by atoms with E-state index >= 15 is 0 Å². The Hall–Kier alpha value is -3.12. The van der Waals surface area contributed by atoms with Crippen LogP contribution in [0.15, 0.2) is 77.7 Å². The Bertz CT molecular complexity index is 1120. The van der Waals surface area contributed by atoms with E-state index in [-0.39, 0.29) is 16.8 Å². The minimum Gasteiger partial charge on any atom is -0.346 e. The third-order valence-electron chi connectivity index (χ3n) is 5.05. The molecule has 156 valence electrons. The first kappa shape index (κ1) is 21.6. The summed E-state index contributed by atoms with van der Waals surface area (Å²) < 4.78 is 27.9. The predicted molar refractivity (Wildman–Crippen MR) is 120 cm³/mol. The number of anilines is 1. The summed E-state index contributed by atoms with van der Waals surface area (Å²) in [6.07, 6.45) is 0.967. The van der Waals surface area contributed by atoms with E-state index in [4.69, 9.17) is 0 Å². The lowest BCUT2D eigenvalue weighted by Crippen LogP contribution is -2.26. The SMILES string of the molecule is CCc1ccc(C(C)NC(=O)c2ccc(S(=O)(=O)Nc3ccccc3C)cc2)cc1. The van der Waals surface area contributed by atoms with Crippen molar-refractivity contribution in [1.82, 2.24) is 5.32 Å². The molecule has 6 heteroatoms. The predicted octanol–water partition coefficient (Wildman–Crippen LogP) is 4.85. The summed E-state index contributed by atoms with van der Waals surface area (Å²) in [5.41, 5.74) is 4.03. The molecule has 0 aliphatic heterocycles. The van der Waals surface area contributed by atoms with Crippen LogP contribution in [-0.2, 0) is 16.4 Å². The van der Waals surface area contributed by atoms with E-state index in [0.717, 1.165) is 17.5 Å². The summed E-state index contributed by atoms with van der Waals surface area (Å²) in [5.74, 6) is -0.252. The Labute approximate surface area is 178 Å². The summed E-state index contributed by atoms with van der Waals surface area (Å²) >= 11 is 0. The third kappa shape index (κ3) is 5.07. The summed E-state index contributed by atoms with van der Waals surface area (Å²) in [6, 6.07) is 21.1. The van der Waals surface area contributed by atoms with Gasteiger partial charge in [0.15, 0.2) is 0 Å². The van der Waals surface area contributed by atoms with Crippen LogP contribution in [0, 0.1) is 6.92 Å². The van der Waals surface area contributed by atoms with Gasteiger partial charge in [0.2, 0.25) is 0 Å². The molecule has 1 amide bonds. The van der Waals surface area contributed by atoms with E-state index in [1.807, 2.05) is 38.1 Å². The molecule has 0 heterocycles. The van der Waals surface area contributed by atoms with E-state index in [2.05, 4.69) is 29.1 Å². The number of aryl methyl sites for hydroxylation is 2. The molecule has 0 aliphatic rings. The fourth-order valence-corrected chi connectivity index (χ4v) is 4.21. The van der Waals surface area contributed by atoms with Gasteiger partial charge in [0.1, 0.15) is 0 Å². The highest BCUT2D eigenvalue weighted by atomic mass is 32.2. The smallest absolute Gasteiger partial charge is 0.261 e. The first-order valence-electron chi connectivity index (χ1n) is 9.88. The van der Waals surface area contributed by atoms with Gasteiger partial charge in [-0.3, -0.25) is 9.52 Å². The van der Waals surface area contributed by atoms with Crippen LogP contribution >= 0.6 is 0 Å². The minimum atomic E-state index is -3.73. The average molecular weight is 423 g/mol. The Morgan fingerprint density at radius 1 is 0.933 bits per heavy atom. The lowest BCUT2D eigenvalue weighted by Gasteiger charge is -2.15. The van der Waals surface area contributed by atoms with Crippen molar-refractivity contribution in [2.75, 3.05) is 4.72 Å². The van der Waals surface area contributed by atoms with Crippen LogP contribution < -0.4 is 10.0 Å². The molecule has 3 aromatic carbocycles. The molecule has 0 spiro atoms. The fourth-order valence-electron chi connectivity index (χ4n) is 3.08. The highest BCUT2D eigenvalue weighted by molar-refractivity contribution is 7.92. The van der Waals surface area contributed by atoms with Crippen LogP contribution in [0.2, 0.25) is 0 Å². The van der Waals surface area contributed by atoms with Crippen LogP contribution in [0.5, 0.6) is 0 Å². The monoisotopic (exact) mass is 422 g/mol. The van der Waals surface area contributed by atoms with E-state index in [1.165, 1.54) is 29.8 Å². The maximum Gasteiger partial charge on any atom is 0.261 e. The van der Waals surface area contributed by atoms with Gasteiger partial charge < -0.3 is 5.32 Å². The number of para-hydroxylation sites is 1. The molecular formula is C24H26N2O3S. The van der Waals surface area contributed by atoms with Crippen LogP contribution in [0.4, 0.5) is 5.69 Å². The summed E-state index contributed by atoms with van der Waals surface area (Å²) in [4.78, 5) is 12.7. The maximum atomic E-state index is 12.6. The van der Waals surface area contributed by atoms with Gasteiger partial charge in [-0.15, -0.1) is 0 Å². The lowest BCUT2D eigenvalue weighted by atomic mass is 10.0. The van der Waals surface area contributed by atoms with Gasteiger partial charge in [-0.05, 0) is 67.3 Å². The van der Waals surface area contributed by atoms with Crippen molar-refractivity contribution in [2.24, 2.45) is 0 Å². The lowest BCUT2D eigenvalue weighted by molar-refractivity contribution is 0.0940. The van der Waals surface area contributed by atoms with Crippen LogP contribution in [0.1, 0.15) is 46.9 Å². The van der Waals surface area contributed by atoms with Gasteiger partial charge in [-0.2, -0.15) is 0 Å². The number of rotatable bonds is 7. The molecule has 3 aromatic rings. The topological polar surface area (TPSA) is 75.3 Å². The molecule has 0 aromatic heterocycles. The van der Waals surface area contributed by atoms with Crippen molar-refractivity contribution < 1.29 is 13.2 Å². The van der Waals surface area contributed by atoms with Gasteiger partial charge in [0.05, 0.1) is 16.6 Å². The van der Waals surface area contributed by atoms with Crippen LogP contribution in [0.25, 0.3) is 0 Å². The van der Waals surface area contributed by atoms with Gasteiger partial charge in [-0.25, -0.2) is 8.42 Å². The van der Waals surface area contributed by atoms with E-state index in [9.17, 15) is 13.2 Å². The largest absolute Gasteiger partial charge is 0.346 e. The molecule has 0 bridgehead atoms. The van der Waals surface area contributed by atoms with Crippen molar-refractivity contribution in [3.8, 4) is 0 Å². The number of sulfonamides is 1. The highest BCUT2D eigenvalue weighted by Crippen LogP contribution is 2.20. The molecule has 0 aliphatic carbocycles. The second-order valence-electron chi connectivity index (χ2n) is 7.24. The molecule has 1 unspecified atom stereocenters. The molecule has 1 atom stereocenters. The van der Waals surface area contributed by atoms with Crippen LogP contribution in [0.3, 0.4) is 0 Å². The molecule has 3 rings (SSSR count). The van der Waals surface area contributed by atoms with Gasteiger partial charge in [-0.1, -0.05) is 49.4 Å². The first-order valence-corrected chi connectivity index (χ1v) is 11.4. The van der Waals surface area contributed by atoms with Crippen molar-refractivity contribution in [1.29, 1.82) is 0 Å². The molecule has 0 radical (unpaired) electrons. The van der Waals surface area contributed by atoms with E-state index in [1.54, 1.807) is 12.1 Å². The van der Waals surface area contributed by atoms with Gasteiger partial charge >= 0.3 is 0 Å². The fraction of sp³-hybridized carbons (Fsp3) is 0.208. The van der Waals surface area contributed by atoms with Crippen molar-refractivity contribution in [3.63, 3.8) is 0 Å². The number of hydrogen-bond acceptors (Lipinski definition) is 3. The highest BCUT2D eigenvalue weighted by Gasteiger charge is 2.17. The zero-order valence-electron chi connectivity index (χ0n) is 17.3. The Morgan fingerprint density at radius 3 is 2.17 bits per heavy atom. The Morgan fingerprint density at radius 2 is 1.57 bits per heavy atom. The normalized spacial score (nSPS) is 12.2. The summed E-state index contributed by atoms with van der Waals surface area (Å²) in [5, 5.41) is 2.95. The number of benzene rings is 3. The molecule has 0 fully saturated rings. The number of carbonyl (C=O) groups excluding carboxylic acids is 1. The molecule has 0 saturated carbocycles. The second kappa shape index (κ2) is 9.13. The zero-order valence-corrected chi connectivity index (χ0v) is 18.2. The second-order valence-corrected chi connectivity index (χ2v) is 8.92. The third-order valence-corrected chi connectivity index (χ3v) is 6.43. The summed E-state index contributed by atoms with van der Waals surface area (Å²) in [6.45, 7) is 5.85. The molecule has 0 saturated heterocycles. The Kier molecular flexibility index (Phi) is 6.57. The molecular weight excluding hydrogens is 396 g/mol. The zero-order chi connectivity index (χ0) is 21.7. The van der Waals surface area contributed by atoms with Crippen molar-refractivity contribution in [3.05, 3.63) is 95.1 Å². The molecule has 2 N–H and O–H groups in total. The van der Waals surface area contributed by atoms with Gasteiger partial charge in [0, 0.05) is 5.56 Å². The van der Waals surface area contributed by atoms with Crippen molar-refractivity contribution >= 4 is 21.6 Å². The molecule has 5 nitrogen and oxygen atoms in total. The average Bonchev–Trinajstić information content (AvgIpc) is 2.75. The molecule has 30 heavy (non-hydrogen) atoms. The number of nitrogens with one attached hydrogen (secondary N) is 2. The first-order chi connectivity index (χ1) is 14.3. The van der Waals surface area contributed by atoms with E-state index < -0.39 is 10.0 Å². The number of amides is 1. The number of carbonyl (C=O) groups is 1. The standard InChI is InChI=1S/C24H26N2O3S/c1-4-19-9-11-20(12-10-19)18(3)25-24(27)21-13-15-22(16-14-21)30(28,29)26-23-8-6-5-7-17(23)2/h5-16,18,26H,4H2,1-3H3,(H,25,27). The van der Waals surface area contributed by atoms with Crippen molar-refractivity contribution in [2.45, 2.75) is 38.1 Å². The van der Waals surface area contributed by atoms with E-state index in [0.29, 0.717) is 11.3 Å².